The first-order valence-corrected chi connectivity index (χ1v) is 8.86. The van der Waals surface area contributed by atoms with E-state index in [1.54, 1.807) is 6.26 Å². The highest BCUT2D eigenvalue weighted by Gasteiger charge is 2.32. The molecule has 0 spiro atoms. The van der Waals surface area contributed by atoms with E-state index in [2.05, 4.69) is 0 Å². The first-order valence-electron chi connectivity index (χ1n) is 8.86. The van der Waals surface area contributed by atoms with E-state index < -0.39 is 0 Å². The summed E-state index contributed by atoms with van der Waals surface area (Å²) in [7, 11) is 0. The van der Waals surface area contributed by atoms with Crippen LogP contribution in [0.15, 0.2) is 47.1 Å². The molecule has 126 valence electrons. The molecule has 1 amide bonds. The van der Waals surface area contributed by atoms with Crippen molar-refractivity contribution >= 4 is 5.91 Å². The van der Waals surface area contributed by atoms with Crippen molar-refractivity contribution in [3.63, 3.8) is 0 Å². The SMILES string of the molecule is O=C(c1nn(-c2ccccc2)c2c1CCc1occc1-2)N1CCCC1. The van der Waals surface area contributed by atoms with Gasteiger partial charge in [0, 0.05) is 30.6 Å². The second-order valence-corrected chi connectivity index (χ2v) is 6.68. The first kappa shape index (κ1) is 14.5. The van der Waals surface area contributed by atoms with E-state index in [0.29, 0.717) is 5.69 Å². The molecule has 3 heterocycles. The molecule has 1 aromatic carbocycles. The standard InChI is InChI=1S/C20H19N3O2/c24-20(22-11-4-5-12-22)18-16-8-9-17-15(10-13-25-17)19(16)23(21-18)14-6-2-1-3-7-14/h1-3,6-7,10,13H,4-5,8-9,11-12H2. The lowest BCUT2D eigenvalue weighted by molar-refractivity contribution is 0.0785. The number of likely N-dealkylation sites (tertiary alicyclic amines) is 1. The van der Waals surface area contributed by atoms with Gasteiger partial charge in [0.15, 0.2) is 5.69 Å². The zero-order valence-electron chi connectivity index (χ0n) is 13.9. The summed E-state index contributed by atoms with van der Waals surface area (Å²) in [4.78, 5) is 15.0. The number of carbonyl (C=O) groups is 1. The minimum absolute atomic E-state index is 0.0652. The molecule has 5 nitrogen and oxygen atoms in total. The number of rotatable bonds is 2. The van der Waals surface area contributed by atoms with E-state index >= 15 is 0 Å². The fourth-order valence-electron chi connectivity index (χ4n) is 3.95. The largest absolute Gasteiger partial charge is 0.469 e. The van der Waals surface area contributed by atoms with E-state index in [9.17, 15) is 4.79 Å². The van der Waals surface area contributed by atoms with Crippen molar-refractivity contribution in [2.24, 2.45) is 0 Å². The summed E-state index contributed by atoms with van der Waals surface area (Å²) < 4.78 is 7.55. The topological polar surface area (TPSA) is 51.3 Å². The Hall–Kier alpha value is -2.82. The molecule has 0 atom stereocenters. The lowest BCUT2D eigenvalue weighted by Crippen LogP contribution is -2.29. The predicted molar refractivity (Wildman–Crippen MR) is 93.8 cm³/mol. The molecule has 0 saturated carbocycles. The van der Waals surface area contributed by atoms with Crippen molar-refractivity contribution in [3.8, 4) is 16.9 Å². The van der Waals surface area contributed by atoms with Crippen molar-refractivity contribution in [1.82, 2.24) is 14.7 Å². The van der Waals surface area contributed by atoms with Gasteiger partial charge in [-0.1, -0.05) is 18.2 Å². The van der Waals surface area contributed by atoms with Gasteiger partial charge in [-0.3, -0.25) is 4.79 Å². The number of amides is 1. The van der Waals surface area contributed by atoms with E-state index in [1.165, 1.54) is 0 Å². The van der Waals surface area contributed by atoms with Gasteiger partial charge in [-0.25, -0.2) is 4.68 Å². The van der Waals surface area contributed by atoms with Crippen LogP contribution in [-0.2, 0) is 12.8 Å². The van der Waals surface area contributed by atoms with Crippen LogP contribution >= 0.6 is 0 Å². The number of carbonyl (C=O) groups excluding carboxylic acids is 1. The predicted octanol–water partition coefficient (Wildman–Crippen LogP) is 3.47. The minimum atomic E-state index is 0.0652. The summed E-state index contributed by atoms with van der Waals surface area (Å²) in [6.45, 7) is 1.67. The number of aromatic nitrogens is 2. The fraction of sp³-hybridized carbons (Fsp3) is 0.300. The summed E-state index contributed by atoms with van der Waals surface area (Å²) in [6.07, 6.45) is 5.50. The maximum absolute atomic E-state index is 13.0. The Morgan fingerprint density at radius 3 is 2.64 bits per heavy atom. The maximum atomic E-state index is 13.0. The Labute approximate surface area is 145 Å². The molecule has 1 fully saturated rings. The second kappa shape index (κ2) is 5.62. The van der Waals surface area contributed by atoms with Gasteiger partial charge < -0.3 is 9.32 Å². The van der Waals surface area contributed by atoms with E-state index in [1.807, 2.05) is 46.0 Å². The molecular formula is C20H19N3O2. The van der Waals surface area contributed by atoms with Gasteiger partial charge in [0.25, 0.3) is 5.91 Å². The van der Waals surface area contributed by atoms with Crippen LogP contribution in [0.2, 0.25) is 0 Å². The summed E-state index contributed by atoms with van der Waals surface area (Å²) >= 11 is 0. The Morgan fingerprint density at radius 2 is 1.84 bits per heavy atom. The highest BCUT2D eigenvalue weighted by molar-refractivity contribution is 5.96. The van der Waals surface area contributed by atoms with Crippen LogP contribution in [0.4, 0.5) is 0 Å². The van der Waals surface area contributed by atoms with Crippen LogP contribution in [0.5, 0.6) is 0 Å². The number of hydrogen-bond acceptors (Lipinski definition) is 3. The number of furan rings is 1. The summed E-state index contributed by atoms with van der Waals surface area (Å²) in [6, 6.07) is 12.0. The Morgan fingerprint density at radius 1 is 1.04 bits per heavy atom. The molecule has 1 aliphatic carbocycles. The molecule has 0 N–H and O–H groups in total. The van der Waals surface area contributed by atoms with Crippen LogP contribution in [0.3, 0.4) is 0 Å². The van der Waals surface area contributed by atoms with Gasteiger partial charge in [0.05, 0.1) is 17.6 Å². The third-order valence-electron chi connectivity index (χ3n) is 5.18. The first-order chi connectivity index (χ1) is 12.3. The van der Waals surface area contributed by atoms with Crippen molar-refractivity contribution in [2.75, 3.05) is 13.1 Å². The van der Waals surface area contributed by atoms with Crippen molar-refractivity contribution in [3.05, 3.63) is 59.7 Å². The van der Waals surface area contributed by atoms with Gasteiger partial charge in [-0.05, 0) is 37.5 Å². The monoisotopic (exact) mass is 333 g/mol. The van der Waals surface area contributed by atoms with E-state index in [0.717, 1.165) is 67.0 Å². The summed E-state index contributed by atoms with van der Waals surface area (Å²) in [5, 5.41) is 4.77. The highest BCUT2D eigenvalue weighted by Crippen LogP contribution is 2.38. The van der Waals surface area contributed by atoms with Crippen molar-refractivity contribution in [1.29, 1.82) is 0 Å². The van der Waals surface area contributed by atoms with E-state index in [4.69, 9.17) is 9.52 Å². The molecule has 5 rings (SSSR count). The molecule has 3 aromatic rings. The molecule has 5 heteroatoms. The van der Waals surface area contributed by atoms with Crippen LogP contribution in [0.1, 0.15) is 34.7 Å². The fourth-order valence-corrected chi connectivity index (χ4v) is 3.95. The Kier molecular flexibility index (Phi) is 3.26. The number of hydrogen-bond donors (Lipinski definition) is 0. The smallest absolute Gasteiger partial charge is 0.274 e. The molecule has 1 aliphatic heterocycles. The van der Waals surface area contributed by atoms with Gasteiger partial charge in [-0.15, -0.1) is 0 Å². The molecular weight excluding hydrogens is 314 g/mol. The van der Waals surface area contributed by atoms with Gasteiger partial charge >= 0.3 is 0 Å². The molecule has 25 heavy (non-hydrogen) atoms. The second-order valence-electron chi connectivity index (χ2n) is 6.68. The average Bonchev–Trinajstić information content (AvgIpc) is 3.39. The summed E-state index contributed by atoms with van der Waals surface area (Å²) in [5.74, 6) is 1.04. The molecule has 0 radical (unpaired) electrons. The molecule has 2 aliphatic rings. The van der Waals surface area contributed by atoms with Crippen LogP contribution in [0, 0.1) is 0 Å². The number of aryl methyl sites for hydroxylation is 1. The Bertz CT molecular complexity index is 933. The van der Waals surface area contributed by atoms with Crippen molar-refractivity contribution < 1.29 is 9.21 Å². The average molecular weight is 333 g/mol. The molecule has 0 unspecified atom stereocenters. The van der Waals surface area contributed by atoms with Crippen LogP contribution in [0.25, 0.3) is 16.9 Å². The van der Waals surface area contributed by atoms with Gasteiger partial charge in [0.2, 0.25) is 0 Å². The number of nitrogens with zero attached hydrogens (tertiary/aromatic N) is 3. The Balaban J connectivity index is 1.71. The van der Waals surface area contributed by atoms with Crippen molar-refractivity contribution in [2.45, 2.75) is 25.7 Å². The van der Waals surface area contributed by atoms with Crippen LogP contribution in [-0.4, -0.2) is 33.7 Å². The summed E-state index contributed by atoms with van der Waals surface area (Å²) in [5.41, 5.74) is 4.68. The molecule has 2 aromatic heterocycles. The number of fused-ring (bicyclic) bond motifs is 3. The van der Waals surface area contributed by atoms with Crippen LogP contribution < -0.4 is 0 Å². The quantitative estimate of drug-likeness (QED) is 0.721. The maximum Gasteiger partial charge on any atom is 0.274 e. The van der Waals surface area contributed by atoms with Gasteiger partial charge in [-0.2, -0.15) is 5.10 Å². The molecule has 0 bridgehead atoms. The normalized spacial score (nSPS) is 15.9. The number of benzene rings is 1. The third kappa shape index (κ3) is 2.22. The minimum Gasteiger partial charge on any atom is -0.469 e. The zero-order chi connectivity index (χ0) is 16.8. The lowest BCUT2D eigenvalue weighted by atomic mass is 9.94. The lowest BCUT2D eigenvalue weighted by Gasteiger charge is -2.16. The van der Waals surface area contributed by atoms with Gasteiger partial charge in [0.1, 0.15) is 5.76 Å². The highest BCUT2D eigenvalue weighted by atomic mass is 16.3. The molecule has 1 saturated heterocycles. The third-order valence-corrected chi connectivity index (χ3v) is 5.18. The van der Waals surface area contributed by atoms with E-state index in [-0.39, 0.29) is 5.91 Å². The number of para-hydroxylation sites is 1. The zero-order valence-corrected chi connectivity index (χ0v) is 13.9.